The van der Waals surface area contributed by atoms with Crippen molar-refractivity contribution in [3.8, 4) is 5.75 Å². The number of nitrogens with zero attached hydrogens (tertiary/aromatic N) is 2. The summed E-state index contributed by atoms with van der Waals surface area (Å²) in [4.78, 5) is 48.7. The van der Waals surface area contributed by atoms with Gasteiger partial charge in [0.15, 0.2) is 48.6 Å². The molecule has 1 N–H and O–H groups in total. The molecule has 0 aliphatic carbocycles. The van der Waals surface area contributed by atoms with Gasteiger partial charge in [-0.05, 0) is 79.0 Å². The number of hydrogen-bond donors (Lipinski definition) is 1. The van der Waals surface area contributed by atoms with Crippen LogP contribution in [-0.2, 0) is 49.2 Å². The van der Waals surface area contributed by atoms with Crippen molar-refractivity contribution in [2.45, 2.75) is 134 Å². The number of fused-ring (bicyclic) bond motifs is 2. The summed E-state index contributed by atoms with van der Waals surface area (Å²) in [6.45, 7) is 13.8. The van der Waals surface area contributed by atoms with E-state index in [0.717, 1.165) is 5.56 Å². The highest BCUT2D eigenvalue weighted by atomic mass is 16.9. The first-order valence-corrected chi connectivity index (χ1v) is 18.5. The van der Waals surface area contributed by atoms with Crippen LogP contribution in [0.2, 0.25) is 0 Å². The van der Waals surface area contributed by atoms with Crippen molar-refractivity contribution in [1.82, 2.24) is 10.2 Å². The lowest BCUT2D eigenvalue weighted by Crippen LogP contribution is -2.55. The van der Waals surface area contributed by atoms with Crippen LogP contribution in [0.15, 0.2) is 54.6 Å². The molecule has 5 heterocycles. The topological polar surface area (TPSA) is 202 Å². The van der Waals surface area contributed by atoms with E-state index < -0.39 is 83.5 Å². The maximum absolute atomic E-state index is 12.8. The standard InChI is InChI=1S/C23H32N2O7.C15H17NO8/c1-15-17(18-19(29-15)32-22(2,3)31-18)30-21(27)25-12-10-23(4,11-13-25)24-20(26)28-14-16-8-6-5-7-9-16;1-8-11(12-13(20-8)24-15(2,3)23-12)22-14(17)21-10-6-4-9(5-7-10)16(18)19/h5-9,15,17-19H,10-14H2,1-4H3,(H,24,26);4-8,11-13H,1-3H3/t15-,17+,18-,19-;8-,11+,12-,13-/m11/s1. The molecule has 5 fully saturated rings. The SMILES string of the molecule is C[C@H]1O[C@@H]2OC(C)(C)O[C@@H]2[C@H]1OC(=O)N1CCC(C)(NC(=O)OCc2ccccc2)CC1.C[C@H]1O[C@@H]2OC(C)(C)O[C@@H]2[C@H]1OC(=O)Oc1ccc([N+](=O)[O-])cc1. The summed E-state index contributed by atoms with van der Waals surface area (Å²) in [6.07, 6.45) is -4.70. The minimum absolute atomic E-state index is 0.102. The fraction of sp³-hybridized carbons (Fsp3) is 0.605. The first kappa shape index (κ1) is 41.1. The molecule has 2 amide bonds. The number of alkyl carbamates (subject to hydrolysis) is 1. The quantitative estimate of drug-likeness (QED) is 0.120. The van der Waals surface area contributed by atoms with Crippen LogP contribution in [0.3, 0.4) is 0 Å². The van der Waals surface area contributed by atoms with Gasteiger partial charge in [0, 0.05) is 30.8 Å². The zero-order chi connectivity index (χ0) is 40.4. The molecule has 2 aromatic rings. The summed E-state index contributed by atoms with van der Waals surface area (Å²) >= 11 is 0. The lowest BCUT2D eigenvalue weighted by Gasteiger charge is -2.39. The van der Waals surface area contributed by atoms with Crippen LogP contribution in [0.25, 0.3) is 0 Å². The van der Waals surface area contributed by atoms with Crippen molar-refractivity contribution in [2.24, 2.45) is 0 Å². The van der Waals surface area contributed by atoms with E-state index >= 15 is 0 Å². The number of amides is 2. The third-order valence-electron chi connectivity index (χ3n) is 9.91. The lowest BCUT2D eigenvalue weighted by molar-refractivity contribution is -0.384. The van der Waals surface area contributed by atoms with Gasteiger partial charge in [0.05, 0.1) is 17.1 Å². The molecule has 8 atom stereocenters. The smallest absolute Gasteiger partial charge is 0.445 e. The average molecular weight is 788 g/mol. The summed E-state index contributed by atoms with van der Waals surface area (Å²) in [6, 6.07) is 14.6. The molecule has 7 rings (SSSR count). The second kappa shape index (κ2) is 16.5. The van der Waals surface area contributed by atoms with E-state index in [1.807, 2.05) is 58.0 Å². The van der Waals surface area contributed by atoms with Crippen LogP contribution in [0.1, 0.15) is 66.9 Å². The summed E-state index contributed by atoms with van der Waals surface area (Å²) in [5, 5.41) is 13.5. The molecule has 0 spiro atoms. The molecule has 56 heavy (non-hydrogen) atoms. The number of carbonyl (C=O) groups excluding carboxylic acids is 3. The molecule has 5 aliphatic heterocycles. The summed E-state index contributed by atoms with van der Waals surface area (Å²) < 4.78 is 55.6. The zero-order valence-electron chi connectivity index (χ0n) is 32.4. The molecule has 0 bridgehead atoms. The maximum atomic E-state index is 12.8. The monoisotopic (exact) mass is 787 g/mol. The zero-order valence-corrected chi connectivity index (χ0v) is 32.4. The van der Waals surface area contributed by atoms with Gasteiger partial charge in [0.2, 0.25) is 0 Å². The van der Waals surface area contributed by atoms with E-state index in [9.17, 15) is 24.5 Å². The molecule has 2 aromatic carbocycles. The molecule has 306 valence electrons. The largest absolute Gasteiger partial charge is 0.514 e. The molecule has 0 unspecified atom stereocenters. The normalized spacial score (nSPS) is 30.5. The molecule has 0 radical (unpaired) electrons. The Morgan fingerprint density at radius 1 is 0.804 bits per heavy atom. The third kappa shape index (κ3) is 10.0. The molecule has 5 aliphatic rings. The van der Waals surface area contributed by atoms with E-state index in [4.69, 9.17) is 47.4 Å². The Kier molecular flexibility index (Phi) is 12.1. The number of non-ortho nitro benzene ring substituents is 1. The van der Waals surface area contributed by atoms with Crippen LogP contribution >= 0.6 is 0 Å². The van der Waals surface area contributed by atoms with Crippen molar-refractivity contribution < 1.29 is 66.7 Å². The predicted molar refractivity (Wildman–Crippen MR) is 192 cm³/mol. The fourth-order valence-corrected chi connectivity index (χ4v) is 6.98. The van der Waals surface area contributed by atoms with Gasteiger partial charge < -0.3 is 57.6 Å². The molecular weight excluding hydrogens is 738 g/mol. The third-order valence-corrected chi connectivity index (χ3v) is 9.91. The van der Waals surface area contributed by atoms with E-state index in [-0.39, 0.29) is 24.1 Å². The van der Waals surface area contributed by atoms with E-state index in [1.165, 1.54) is 24.3 Å². The summed E-state index contributed by atoms with van der Waals surface area (Å²) in [5.41, 5.74) is 0.374. The highest BCUT2D eigenvalue weighted by molar-refractivity contribution is 5.69. The van der Waals surface area contributed by atoms with Crippen LogP contribution in [0.4, 0.5) is 20.1 Å². The van der Waals surface area contributed by atoms with E-state index in [1.54, 1.807) is 25.7 Å². The van der Waals surface area contributed by atoms with Crippen LogP contribution < -0.4 is 10.1 Å². The Morgan fingerprint density at radius 2 is 1.34 bits per heavy atom. The number of hydrogen-bond acceptors (Lipinski definition) is 15. The van der Waals surface area contributed by atoms with Crippen molar-refractivity contribution in [2.75, 3.05) is 13.1 Å². The van der Waals surface area contributed by atoms with Crippen LogP contribution in [0.5, 0.6) is 5.75 Å². The number of likely N-dealkylation sites (tertiary alicyclic amines) is 1. The number of rotatable bonds is 7. The average Bonchev–Trinajstić information content (AvgIpc) is 3.78. The molecule has 0 aromatic heterocycles. The Morgan fingerprint density at radius 3 is 1.88 bits per heavy atom. The predicted octanol–water partition coefficient (Wildman–Crippen LogP) is 5.54. The second-order valence-electron chi connectivity index (χ2n) is 15.4. The number of nitrogens with one attached hydrogen (secondary N) is 1. The van der Waals surface area contributed by atoms with E-state index in [0.29, 0.717) is 25.9 Å². The lowest BCUT2D eigenvalue weighted by atomic mass is 9.90. The van der Waals surface area contributed by atoms with Gasteiger partial charge in [-0.1, -0.05) is 30.3 Å². The number of benzene rings is 2. The van der Waals surface area contributed by atoms with Crippen LogP contribution in [-0.4, -0.2) is 108 Å². The Hall–Kier alpha value is -4.59. The van der Waals surface area contributed by atoms with Crippen LogP contribution in [0, 0.1) is 10.1 Å². The van der Waals surface area contributed by atoms with Crippen molar-refractivity contribution >= 4 is 24.0 Å². The van der Waals surface area contributed by atoms with Crippen molar-refractivity contribution in [3.63, 3.8) is 0 Å². The van der Waals surface area contributed by atoms with Gasteiger partial charge in [-0.2, -0.15) is 0 Å². The Balaban J connectivity index is 0.000000198. The van der Waals surface area contributed by atoms with Crippen molar-refractivity contribution in [1.29, 1.82) is 0 Å². The number of ether oxygens (including phenoxy) is 10. The molecular formula is C38H49N3O15. The first-order chi connectivity index (χ1) is 26.4. The maximum Gasteiger partial charge on any atom is 0.514 e. The first-order valence-electron chi connectivity index (χ1n) is 18.5. The molecule has 5 saturated heterocycles. The highest BCUT2D eigenvalue weighted by Crippen LogP contribution is 2.40. The summed E-state index contributed by atoms with van der Waals surface area (Å²) in [7, 11) is 0. The number of carbonyl (C=O) groups is 3. The minimum Gasteiger partial charge on any atom is -0.445 e. The van der Waals surface area contributed by atoms with Gasteiger partial charge >= 0.3 is 18.3 Å². The van der Waals surface area contributed by atoms with Crippen molar-refractivity contribution in [3.05, 3.63) is 70.3 Å². The minimum atomic E-state index is -0.946. The number of nitro benzene ring substituents is 1. The van der Waals surface area contributed by atoms with E-state index in [2.05, 4.69) is 5.32 Å². The second-order valence-corrected chi connectivity index (χ2v) is 15.4. The fourth-order valence-electron chi connectivity index (χ4n) is 6.98. The van der Waals surface area contributed by atoms with Gasteiger partial charge in [0.1, 0.15) is 12.4 Å². The van der Waals surface area contributed by atoms with Gasteiger partial charge in [0.25, 0.3) is 5.69 Å². The Bertz CT molecular complexity index is 1720. The Labute approximate surface area is 324 Å². The highest BCUT2D eigenvalue weighted by Gasteiger charge is 2.56. The number of piperidine rings is 1. The summed E-state index contributed by atoms with van der Waals surface area (Å²) in [5.74, 6) is -1.45. The number of nitro groups is 1. The molecule has 0 saturated carbocycles. The van der Waals surface area contributed by atoms with Gasteiger partial charge in [-0.25, -0.2) is 14.4 Å². The molecule has 18 heteroatoms. The van der Waals surface area contributed by atoms with Gasteiger partial charge in [-0.15, -0.1) is 0 Å². The molecule has 18 nitrogen and oxygen atoms in total. The van der Waals surface area contributed by atoms with Gasteiger partial charge in [-0.3, -0.25) is 10.1 Å².